The first kappa shape index (κ1) is 12.6. The van der Waals surface area contributed by atoms with Crippen molar-refractivity contribution in [1.82, 2.24) is 4.90 Å². The maximum atomic E-state index is 2.63. The Morgan fingerprint density at radius 2 is 1.59 bits per heavy atom. The van der Waals surface area contributed by atoms with Crippen LogP contribution in [0, 0.1) is 19.8 Å². The Kier molecular flexibility index (Phi) is 3.88. The van der Waals surface area contributed by atoms with E-state index < -0.39 is 0 Å². The Morgan fingerprint density at radius 1 is 1.06 bits per heavy atom. The van der Waals surface area contributed by atoms with Crippen molar-refractivity contribution in [3.8, 4) is 0 Å². The van der Waals surface area contributed by atoms with Crippen LogP contribution in [-0.4, -0.2) is 18.0 Å². The van der Waals surface area contributed by atoms with Gasteiger partial charge < -0.3 is 0 Å². The number of hydrogen-bond acceptors (Lipinski definition) is 1. The molecule has 0 N–H and O–H groups in total. The average Bonchev–Trinajstić information content (AvgIpc) is 2.28. The molecule has 1 aromatic rings. The Labute approximate surface area is 106 Å². The SMILES string of the molecule is Cc1cc(C)cc(C(C)N2CCC(C)CC2)c1. The molecular weight excluding hydrogens is 206 g/mol. The number of likely N-dealkylation sites (tertiary alicyclic amines) is 1. The number of aryl methyl sites for hydroxylation is 2. The topological polar surface area (TPSA) is 3.24 Å². The fraction of sp³-hybridized carbons (Fsp3) is 0.625. The van der Waals surface area contributed by atoms with E-state index in [4.69, 9.17) is 0 Å². The zero-order chi connectivity index (χ0) is 12.4. The van der Waals surface area contributed by atoms with Crippen LogP contribution in [-0.2, 0) is 0 Å². The minimum atomic E-state index is 0.570. The Bertz CT molecular complexity index is 355. The van der Waals surface area contributed by atoms with Gasteiger partial charge in [0.2, 0.25) is 0 Å². The summed E-state index contributed by atoms with van der Waals surface area (Å²) in [5.41, 5.74) is 4.26. The summed E-state index contributed by atoms with van der Waals surface area (Å²) in [6.07, 6.45) is 2.71. The predicted octanol–water partition coefficient (Wildman–Crippen LogP) is 4.10. The molecule has 1 aromatic carbocycles. The molecule has 1 saturated heterocycles. The highest BCUT2D eigenvalue weighted by Crippen LogP contribution is 2.27. The summed E-state index contributed by atoms with van der Waals surface area (Å²) in [7, 11) is 0. The van der Waals surface area contributed by atoms with Gasteiger partial charge in [0.05, 0.1) is 0 Å². The molecular formula is C16H25N. The molecule has 1 aliphatic rings. The maximum absolute atomic E-state index is 2.63. The lowest BCUT2D eigenvalue weighted by Crippen LogP contribution is -2.35. The Morgan fingerprint density at radius 3 is 2.12 bits per heavy atom. The number of hydrogen-bond donors (Lipinski definition) is 0. The van der Waals surface area contributed by atoms with E-state index in [9.17, 15) is 0 Å². The van der Waals surface area contributed by atoms with Crippen LogP contribution in [0.25, 0.3) is 0 Å². The van der Waals surface area contributed by atoms with Crippen LogP contribution >= 0.6 is 0 Å². The number of rotatable bonds is 2. The summed E-state index contributed by atoms with van der Waals surface area (Å²) < 4.78 is 0. The fourth-order valence-corrected chi connectivity index (χ4v) is 2.88. The van der Waals surface area contributed by atoms with E-state index in [1.165, 1.54) is 42.6 Å². The third kappa shape index (κ3) is 3.10. The van der Waals surface area contributed by atoms with Crippen molar-refractivity contribution >= 4 is 0 Å². The third-order valence-corrected chi connectivity index (χ3v) is 4.09. The quantitative estimate of drug-likeness (QED) is 0.741. The molecule has 1 aliphatic heterocycles. The molecule has 0 radical (unpaired) electrons. The van der Waals surface area contributed by atoms with Gasteiger partial charge in [-0.3, -0.25) is 4.90 Å². The van der Waals surface area contributed by atoms with Crippen molar-refractivity contribution in [1.29, 1.82) is 0 Å². The summed E-state index contributed by atoms with van der Waals surface area (Å²) in [5, 5.41) is 0. The van der Waals surface area contributed by atoms with Crippen molar-refractivity contribution in [3.63, 3.8) is 0 Å². The molecule has 94 valence electrons. The van der Waals surface area contributed by atoms with Gasteiger partial charge in [-0.25, -0.2) is 0 Å². The van der Waals surface area contributed by atoms with Gasteiger partial charge in [-0.15, -0.1) is 0 Å². The maximum Gasteiger partial charge on any atom is 0.0320 e. The van der Waals surface area contributed by atoms with Gasteiger partial charge in [-0.2, -0.15) is 0 Å². The van der Waals surface area contributed by atoms with E-state index in [0.717, 1.165) is 5.92 Å². The summed E-state index contributed by atoms with van der Waals surface area (Å²) in [5.74, 6) is 0.915. The monoisotopic (exact) mass is 231 g/mol. The van der Waals surface area contributed by atoms with Crippen LogP contribution in [0.2, 0.25) is 0 Å². The van der Waals surface area contributed by atoms with Gasteiger partial charge in [0.25, 0.3) is 0 Å². The van der Waals surface area contributed by atoms with Crippen LogP contribution in [0.15, 0.2) is 18.2 Å². The van der Waals surface area contributed by atoms with E-state index in [1.807, 2.05) is 0 Å². The average molecular weight is 231 g/mol. The highest BCUT2D eigenvalue weighted by molar-refractivity contribution is 5.30. The van der Waals surface area contributed by atoms with E-state index in [1.54, 1.807) is 0 Å². The summed E-state index contributed by atoms with van der Waals surface area (Å²) in [4.78, 5) is 2.63. The van der Waals surface area contributed by atoms with Gasteiger partial charge >= 0.3 is 0 Å². The minimum absolute atomic E-state index is 0.570. The molecule has 1 atom stereocenters. The van der Waals surface area contributed by atoms with Gasteiger partial charge in [0.15, 0.2) is 0 Å². The van der Waals surface area contributed by atoms with Gasteiger partial charge in [-0.1, -0.05) is 36.2 Å². The summed E-state index contributed by atoms with van der Waals surface area (Å²) >= 11 is 0. The molecule has 0 aliphatic carbocycles. The van der Waals surface area contributed by atoms with Crippen LogP contribution in [0.5, 0.6) is 0 Å². The normalized spacial score (nSPS) is 20.5. The molecule has 0 saturated carbocycles. The van der Waals surface area contributed by atoms with E-state index in [2.05, 4.69) is 50.8 Å². The number of benzene rings is 1. The van der Waals surface area contributed by atoms with Crippen molar-refractivity contribution in [2.75, 3.05) is 13.1 Å². The second kappa shape index (κ2) is 5.22. The zero-order valence-electron chi connectivity index (χ0n) is 11.7. The van der Waals surface area contributed by atoms with Crippen LogP contribution in [0.1, 0.15) is 49.4 Å². The lowest BCUT2D eigenvalue weighted by molar-refractivity contribution is 0.147. The van der Waals surface area contributed by atoms with E-state index >= 15 is 0 Å². The lowest BCUT2D eigenvalue weighted by atomic mass is 9.95. The fourth-order valence-electron chi connectivity index (χ4n) is 2.88. The van der Waals surface area contributed by atoms with E-state index in [-0.39, 0.29) is 0 Å². The first-order chi connectivity index (χ1) is 8.06. The van der Waals surface area contributed by atoms with Crippen molar-refractivity contribution in [3.05, 3.63) is 34.9 Å². The first-order valence-corrected chi connectivity index (χ1v) is 6.88. The Balaban J connectivity index is 2.10. The lowest BCUT2D eigenvalue weighted by Gasteiger charge is -2.35. The zero-order valence-corrected chi connectivity index (χ0v) is 11.7. The molecule has 1 fully saturated rings. The molecule has 0 bridgehead atoms. The Hall–Kier alpha value is -0.820. The standard InChI is InChI=1S/C16H25N/c1-12-5-7-17(8-6-12)15(4)16-10-13(2)9-14(3)11-16/h9-12,15H,5-8H2,1-4H3. The van der Waals surface area contributed by atoms with Crippen molar-refractivity contribution in [2.24, 2.45) is 5.92 Å². The summed E-state index contributed by atoms with van der Waals surface area (Å²) in [6, 6.07) is 7.51. The highest BCUT2D eigenvalue weighted by atomic mass is 15.2. The molecule has 1 unspecified atom stereocenters. The molecule has 1 heteroatoms. The smallest absolute Gasteiger partial charge is 0.0320 e. The minimum Gasteiger partial charge on any atom is -0.297 e. The summed E-state index contributed by atoms with van der Waals surface area (Å²) in [6.45, 7) is 11.6. The number of piperidine rings is 1. The first-order valence-electron chi connectivity index (χ1n) is 6.88. The predicted molar refractivity (Wildman–Crippen MR) is 74.3 cm³/mol. The largest absolute Gasteiger partial charge is 0.297 e. The molecule has 2 rings (SSSR count). The van der Waals surface area contributed by atoms with Gasteiger partial charge in [-0.05, 0) is 58.2 Å². The molecule has 0 spiro atoms. The van der Waals surface area contributed by atoms with Crippen LogP contribution < -0.4 is 0 Å². The molecule has 0 amide bonds. The molecule has 0 aromatic heterocycles. The second-order valence-electron chi connectivity index (χ2n) is 5.82. The number of nitrogens with zero attached hydrogens (tertiary/aromatic N) is 1. The van der Waals surface area contributed by atoms with Crippen LogP contribution in [0.3, 0.4) is 0 Å². The van der Waals surface area contributed by atoms with E-state index in [0.29, 0.717) is 6.04 Å². The van der Waals surface area contributed by atoms with Crippen LogP contribution in [0.4, 0.5) is 0 Å². The molecule has 1 heterocycles. The third-order valence-electron chi connectivity index (χ3n) is 4.09. The highest BCUT2D eigenvalue weighted by Gasteiger charge is 2.21. The van der Waals surface area contributed by atoms with Crippen molar-refractivity contribution < 1.29 is 0 Å². The van der Waals surface area contributed by atoms with Crippen molar-refractivity contribution in [2.45, 2.75) is 46.6 Å². The molecule has 17 heavy (non-hydrogen) atoms. The van der Waals surface area contributed by atoms with Gasteiger partial charge in [0.1, 0.15) is 0 Å². The van der Waals surface area contributed by atoms with Gasteiger partial charge in [0, 0.05) is 6.04 Å². The molecule has 1 nitrogen and oxygen atoms in total. The second-order valence-corrected chi connectivity index (χ2v) is 5.82.